The lowest BCUT2D eigenvalue weighted by Gasteiger charge is -2.26. The summed E-state index contributed by atoms with van der Waals surface area (Å²) in [6.07, 6.45) is 1.30. The van der Waals surface area contributed by atoms with Crippen LogP contribution in [-0.2, 0) is 11.8 Å². The Kier molecular flexibility index (Phi) is 9.86. The molecule has 3 aromatic rings. The summed E-state index contributed by atoms with van der Waals surface area (Å²) in [6.45, 7) is 5.76. The van der Waals surface area contributed by atoms with Gasteiger partial charge in [-0.05, 0) is 42.7 Å². The minimum atomic E-state index is -0.342. The standard InChI is InChI=1S/C25H30FN7.HI/c1-25(2,18-8-5-4-6-9-18)17-31-24(29-3)30-15-7-10-22-21(16-27)23(28)33(32-22)20-13-11-19(26)12-14-20;/h4-6,8-9,11-14H,7,10,15,17,28H2,1-3H3,(H2,29,30,31);1H. The summed E-state index contributed by atoms with van der Waals surface area (Å²) in [5, 5.41) is 20.7. The number of aliphatic imine (C=N–C) groups is 1. The first-order chi connectivity index (χ1) is 15.9. The second-order valence-corrected chi connectivity index (χ2v) is 8.41. The molecule has 0 unspecified atom stereocenters. The first-order valence-corrected chi connectivity index (χ1v) is 10.9. The van der Waals surface area contributed by atoms with E-state index in [1.165, 1.54) is 22.4 Å². The second kappa shape index (κ2) is 12.4. The van der Waals surface area contributed by atoms with Crippen LogP contribution in [0.15, 0.2) is 59.6 Å². The number of nitriles is 1. The van der Waals surface area contributed by atoms with Crippen LogP contribution in [0.3, 0.4) is 0 Å². The molecule has 9 heteroatoms. The van der Waals surface area contributed by atoms with E-state index < -0.39 is 0 Å². The van der Waals surface area contributed by atoms with E-state index in [0.29, 0.717) is 29.9 Å². The summed E-state index contributed by atoms with van der Waals surface area (Å²) in [4.78, 5) is 4.30. The molecule has 4 N–H and O–H groups in total. The van der Waals surface area contributed by atoms with E-state index in [1.807, 2.05) is 18.2 Å². The van der Waals surface area contributed by atoms with Gasteiger partial charge in [-0.3, -0.25) is 4.99 Å². The zero-order valence-electron chi connectivity index (χ0n) is 19.7. The number of guanidine groups is 1. The van der Waals surface area contributed by atoms with E-state index in [0.717, 1.165) is 18.9 Å². The summed E-state index contributed by atoms with van der Waals surface area (Å²) in [7, 11) is 1.74. The van der Waals surface area contributed by atoms with Gasteiger partial charge in [-0.1, -0.05) is 44.2 Å². The summed E-state index contributed by atoms with van der Waals surface area (Å²) in [5.41, 5.74) is 8.92. The third-order valence-corrected chi connectivity index (χ3v) is 5.54. The smallest absolute Gasteiger partial charge is 0.191 e. The van der Waals surface area contributed by atoms with Crippen LogP contribution >= 0.6 is 24.0 Å². The molecule has 0 aliphatic rings. The Bertz CT molecular complexity index is 1130. The van der Waals surface area contributed by atoms with Crippen LogP contribution < -0.4 is 16.4 Å². The van der Waals surface area contributed by atoms with Gasteiger partial charge in [0.1, 0.15) is 23.3 Å². The van der Waals surface area contributed by atoms with Gasteiger partial charge in [0.25, 0.3) is 0 Å². The van der Waals surface area contributed by atoms with Crippen LogP contribution in [0, 0.1) is 17.1 Å². The molecule has 3 rings (SSSR count). The SMILES string of the molecule is CN=C(NCCCc1nn(-c2ccc(F)cc2)c(N)c1C#N)NCC(C)(C)c1ccccc1.I. The van der Waals surface area contributed by atoms with Crippen molar-refractivity contribution in [3.8, 4) is 11.8 Å². The highest BCUT2D eigenvalue weighted by atomic mass is 127. The normalized spacial score (nSPS) is 11.4. The molecule has 0 saturated heterocycles. The maximum absolute atomic E-state index is 13.2. The average Bonchev–Trinajstić information content (AvgIpc) is 3.14. The van der Waals surface area contributed by atoms with E-state index in [4.69, 9.17) is 5.73 Å². The Morgan fingerprint density at radius 3 is 2.44 bits per heavy atom. The van der Waals surface area contributed by atoms with E-state index in [1.54, 1.807) is 19.2 Å². The van der Waals surface area contributed by atoms with Crippen molar-refractivity contribution in [1.82, 2.24) is 20.4 Å². The number of hydrogen-bond acceptors (Lipinski definition) is 4. The number of nitrogens with zero attached hydrogens (tertiary/aromatic N) is 4. The monoisotopic (exact) mass is 575 g/mol. The predicted octanol–water partition coefficient (Wildman–Crippen LogP) is 4.16. The van der Waals surface area contributed by atoms with Crippen molar-refractivity contribution >= 4 is 35.8 Å². The van der Waals surface area contributed by atoms with Crippen molar-refractivity contribution in [3.05, 3.63) is 77.2 Å². The Morgan fingerprint density at radius 1 is 1.15 bits per heavy atom. The van der Waals surface area contributed by atoms with Crippen LogP contribution in [-0.4, -0.2) is 35.9 Å². The average molecular weight is 575 g/mol. The van der Waals surface area contributed by atoms with Crippen molar-refractivity contribution in [2.24, 2.45) is 4.99 Å². The summed E-state index contributed by atoms with van der Waals surface area (Å²) in [6, 6.07) is 18.3. The van der Waals surface area contributed by atoms with Gasteiger partial charge in [-0.25, -0.2) is 9.07 Å². The Balaban J connectivity index is 0.00000408. The minimum Gasteiger partial charge on any atom is -0.382 e. The highest BCUT2D eigenvalue weighted by Crippen LogP contribution is 2.22. The molecule has 0 amide bonds. The molecule has 0 spiro atoms. The van der Waals surface area contributed by atoms with Crippen LogP contribution in [0.2, 0.25) is 0 Å². The lowest BCUT2D eigenvalue weighted by Crippen LogP contribution is -2.43. The number of nitrogens with two attached hydrogens (primary N) is 1. The van der Waals surface area contributed by atoms with Crippen molar-refractivity contribution in [1.29, 1.82) is 5.26 Å². The molecule has 34 heavy (non-hydrogen) atoms. The molecule has 1 heterocycles. The molecular weight excluding hydrogens is 544 g/mol. The lowest BCUT2D eigenvalue weighted by molar-refractivity contribution is 0.508. The fraction of sp³-hybridized carbons (Fsp3) is 0.320. The van der Waals surface area contributed by atoms with Crippen molar-refractivity contribution in [2.45, 2.75) is 32.1 Å². The third-order valence-electron chi connectivity index (χ3n) is 5.54. The van der Waals surface area contributed by atoms with E-state index >= 15 is 0 Å². The molecule has 7 nitrogen and oxygen atoms in total. The van der Waals surface area contributed by atoms with Crippen LogP contribution in [0.1, 0.15) is 37.1 Å². The van der Waals surface area contributed by atoms with E-state index in [-0.39, 0.29) is 41.0 Å². The zero-order chi connectivity index (χ0) is 23.8. The van der Waals surface area contributed by atoms with Crippen molar-refractivity contribution < 1.29 is 4.39 Å². The quantitative estimate of drug-likeness (QED) is 0.162. The Morgan fingerprint density at radius 2 is 1.82 bits per heavy atom. The van der Waals surface area contributed by atoms with Crippen LogP contribution in [0.25, 0.3) is 5.69 Å². The molecule has 180 valence electrons. The number of rotatable bonds is 8. The minimum absolute atomic E-state index is 0. The van der Waals surface area contributed by atoms with Gasteiger partial charge < -0.3 is 16.4 Å². The highest BCUT2D eigenvalue weighted by molar-refractivity contribution is 14.0. The topological polar surface area (TPSA) is 104 Å². The first-order valence-electron chi connectivity index (χ1n) is 10.9. The number of nitrogen functional groups attached to an aromatic ring is 1. The van der Waals surface area contributed by atoms with Gasteiger partial charge in [0.15, 0.2) is 5.96 Å². The van der Waals surface area contributed by atoms with E-state index in [2.05, 4.69) is 52.8 Å². The number of anilines is 1. The number of aromatic nitrogens is 2. The van der Waals surface area contributed by atoms with Gasteiger partial charge in [0.2, 0.25) is 0 Å². The van der Waals surface area contributed by atoms with Gasteiger partial charge >= 0.3 is 0 Å². The van der Waals surface area contributed by atoms with Crippen molar-refractivity contribution in [3.63, 3.8) is 0 Å². The number of hydrogen-bond donors (Lipinski definition) is 3. The molecular formula is C25H31FIN7. The third kappa shape index (κ3) is 6.70. The van der Waals surface area contributed by atoms with Gasteiger partial charge in [0, 0.05) is 25.6 Å². The maximum Gasteiger partial charge on any atom is 0.191 e. The molecule has 0 bridgehead atoms. The summed E-state index contributed by atoms with van der Waals surface area (Å²) >= 11 is 0. The fourth-order valence-corrected chi connectivity index (χ4v) is 3.53. The van der Waals surface area contributed by atoms with E-state index in [9.17, 15) is 9.65 Å². The summed E-state index contributed by atoms with van der Waals surface area (Å²) in [5.74, 6) is 0.633. The largest absolute Gasteiger partial charge is 0.382 e. The number of aryl methyl sites for hydroxylation is 1. The maximum atomic E-state index is 13.2. The molecule has 0 aliphatic heterocycles. The summed E-state index contributed by atoms with van der Waals surface area (Å²) < 4.78 is 14.7. The first kappa shape index (κ1) is 27.1. The Labute approximate surface area is 217 Å². The van der Waals surface area contributed by atoms with Crippen molar-refractivity contribution in [2.75, 3.05) is 25.9 Å². The molecule has 0 atom stereocenters. The molecule has 0 saturated carbocycles. The van der Waals surface area contributed by atoms with Crippen LogP contribution in [0.5, 0.6) is 0 Å². The molecule has 0 aliphatic carbocycles. The fourth-order valence-electron chi connectivity index (χ4n) is 3.53. The molecule has 0 radical (unpaired) electrons. The highest BCUT2D eigenvalue weighted by Gasteiger charge is 2.20. The zero-order valence-corrected chi connectivity index (χ0v) is 22.0. The number of nitrogens with one attached hydrogen (secondary N) is 2. The number of benzene rings is 2. The second-order valence-electron chi connectivity index (χ2n) is 8.41. The molecule has 1 aromatic heterocycles. The van der Waals surface area contributed by atoms with Gasteiger partial charge in [-0.2, -0.15) is 10.4 Å². The molecule has 0 fully saturated rings. The number of halogens is 2. The molecule has 2 aromatic carbocycles. The van der Waals surface area contributed by atoms with Crippen LogP contribution in [0.4, 0.5) is 10.2 Å². The van der Waals surface area contributed by atoms with Gasteiger partial charge in [-0.15, -0.1) is 24.0 Å². The lowest BCUT2D eigenvalue weighted by atomic mass is 9.85. The van der Waals surface area contributed by atoms with Gasteiger partial charge in [0.05, 0.1) is 11.4 Å². The predicted molar refractivity (Wildman–Crippen MR) is 145 cm³/mol. The Hall–Kier alpha value is -3.13.